The normalized spacial score (nSPS) is 21.4. The molecule has 2 atom stereocenters. The highest BCUT2D eigenvalue weighted by Gasteiger charge is 2.26. The van der Waals surface area contributed by atoms with Crippen LogP contribution in [0.2, 0.25) is 5.02 Å². The third-order valence-electron chi connectivity index (χ3n) is 2.91. The van der Waals surface area contributed by atoms with Gasteiger partial charge in [-0.25, -0.2) is 4.39 Å². The fourth-order valence-corrected chi connectivity index (χ4v) is 2.19. The van der Waals surface area contributed by atoms with Gasteiger partial charge in [0.1, 0.15) is 5.82 Å². The summed E-state index contributed by atoms with van der Waals surface area (Å²) in [6.45, 7) is 0. The van der Waals surface area contributed by atoms with Crippen molar-refractivity contribution < 1.29 is 19.1 Å². The third kappa shape index (κ3) is 2.93. The van der Waals surface area contributed by atoms with E-state index in [9.17, 15) is 14.0 Å². The molecule has 0 saturated heterocycles. The number of hydrogen-bond acceptors (Lipinski definition) is 2. The van der Waals surface area contributed by atoms with Crippen molar-refractivity contribution in [1.29, 1.82) is 0 Å². The van der Waals surface area contributed by atoms with E-state index in [1.165, 1.54) is 18.2 Å². The standard InChI is InChI=1S/C13H11ClFNO3/c14-9-2-1-3-10(15)11(9)12(17)16-8-5-4-7(6-8)13(18)19/h1-5,7-8H,6H2,(H,16,17)(H,18,19). The van der Waals surface area contributed by atoms with Crippen molar-refractivity contribution in [2.24, 2.45) is 5.92 Å². The Morgan fingerprint density at radius 3 is 2.68 bits per heavy atom. The Balaban J connectivity index is 2.07. The number of hydrogen-bond donors (Lipinski definition) is 2. The molecule has 0 aliphatic heterocycles. The predicted octanol–water partition coefficient (Wildman–Crippen LogP) is 2.24. The summed E-state index contributed by atoms with van der Waals surface area (Å²) >= 11 is 5.78. The lowest BCUT2D eigenvalue weighted by atomic mass is 10.1. The van der Waals surface area contributed by atoms with Crippen LogP contribution < -0.4 is 5.32 Å². The summed E-state index contributed by atoms with van der Waals surface area (Å²) in [5.74, 6) is -2.93. The summed E-state index contributed by atoms with van der Waals surface area (Å²) in [6.07, 6.45) is 3.36. The maximum Gasteiger partial charge on any atom is 0.310 e. The first-order valence-corrected chi connectivity index (χ1v) is 6.03. The van der Waals surface area contributed by atoms with Gasteiger partial charge in [0.2, 0.25) is 0 Å². The third-order valence-corrected chi connectivity index (χ3v) is 3.22. The number of aliphatic carboxylic acids is 1. The van der Waals surface area contributed by atoms with Crippen LogP contribution in [0.5, 0.6) is 0 Å². The molecule has 0 aromatic heterocycles. The quantitative estimate of drug-likeness (QED) is 0.836. The maximum atomic E-state index is 13.5. The minimum atomic E-state index is -0.947. The van der Waals surface area contributed by atoms with Gasteiger partial charge in [-0.1, -0.05) is 29.8 Å². The van der Waals surface area contributed by atoms with Crippen molar-refractivity contribution in [2.75, 3.05) is 0 Å². The molecule has 19 heavy (non-hydrogen) atoms. The largest absolute Gasteiger partial charge is 0.481 e. The number of carboxylic acid groups (broad SMARTS) is 1. The summed E-state index contributed by atoms with van der Waals surface area (Å²) in [5.41, 5.74) is -0.226. The second-order valence-electron chi connectivity index (χ2n) is 4.24. The van der Waals surface area contributed by atoms with E-state index in [-0.39, 0.29) is 17.0 Å². The molecule has 0 saturated carbocycles. The molecule has 0 heterocycles. The molecular weight excluding hydrogens is 273 g/mol. The van der Waals surface area contributed by atoms with Gasteiger partial charge in [0.25, 0.3) is 5.91 Å². The van der Waals surface area contributed by atoms with E-state index in [1.54, 1.807) is 6.08 Å². The van der Waals surface area contributed by atoms with Crippen molar-refractivity contribution in [1.82, 2.24) is 5.32 Å². The van der Waals surface area contributed by atoms with E-state index < -0.39 is 29.7 Å². The second kappa shape index (κ2) is 5.40. The Kier molecular flexibility index (Phi) is 3.85. The van der Waals surface area contributed by atoms with Crippen molar-refractivity contribution in [2.45, 2.75) is 12.5 Å². The van der Waals surface area contributed by atoms with E-state index in [2.05, 4.69) is 5.32 Å². The number of benzene rings is 1. The number of nitrogens with one attached hydrogen (secondary N) is 1. The Hall–Kier alpha value is -1.88. The van der Waals surface area contributed by atoms with E-state index in [0.29, 0.717) is 0 Å². The first kappa shape index (κ1) is 13.5. The molecule has 1 aromatic rings. The van der Waals surface area contributed by atoms with Gasteiger partial charge in [0, 0.05) is 6.04 Å². The molecule has 1 aliphatic rings. The summed E-state index contributed by atoms with van der Waals surface area (Å²) in [6, 6.07) is 3.55. The van der Waals surface area contributed by atoms with Gasteiger partial charge in [-0.3, -0.25) is 9.59 Å². The molecule has 1 amide bonds. The SMILES string of the molecule is O=C(NC1C=CC(C(=O)O)C1)c1c(F)cccc1Cl. The second-order valence-corrected chi connectivity index (χ2v) is 4.65. The lowest BCUT2D eigenvalue weighted by Gasteiger charge is -2.13. The summed E-state index contributed by atoms with van der Waals surface area (Å²) < 4.78 is 13.5. The Morgan fingerprint density at radius 2 is 2.11 bits per heavy atom. The Morgan fingerprint density at radius 1 is 1.37 bits per heavy atom. The molecule has 2 unspecified atom stereocenters. The monoisotopic (exact) mass is 283 g/mol. The minimum absolute atomic E-state index is 0.0225. The average molecular weight is 284 g/mol. The summed E-state index contributed by atoms with van der Waals surface area (Å²) in [7, 11) is 0. The van der Waals surface area contributed by atoms with Gasteiger partial charge >= 0.3 is 5.97 Å². The van der Waals surface area contributed by atoms with Gasteiger partial charge < -0.3 is 10.4 Å². The summed E-state index contributed by atoms with van der Waals surface area (Å²) in [4.78, 5) is 22.7. The minimum Gasteiger partial charge on any atom is -0.481 e. The average Bonchev–Trinajstić information content (AvgIpc) is 2.77. The molecule has 0 radical (unpaired) electrons. The van der Waals surface area contributed by atoms with Gasteiger partial charge in [0.15, 0.2) is 0 Å². The highest BCUT2D eigenvalue weighted by Crippen LogP contribution is 2.21. The van der Waals surface area contributed by atoms with Crippen LogP contribution in [0, 0.1) is 11.7 Å². The number of carbonyl (C=O) groups is 2. The predicted molar refractivity (Wildman–Crippen MR) is 67.5 cm³/mol. The van der Waals surface area contributed by atoms with Crippen LogP contribution >= 0.6 is 11.6 Å². The molecule has 0 fully saturated rings. The smallest absolute Gasteiger partial charge is 0.310 e. The molecule has 1 aromatic carbocycles. The number of carboxylic acids is 1. The van der Waals surface area contributed by atoms with Crippen molar-refractivity contribution in [3.05, 3.63) is 46.8 Å². The first-order valence-electron chi connectivity index (χ1n) is 5.65. The Labute approximate surface area is 113 Å². The van der Waals surface area contributed by atoms with E-state index >= 15 is 0 Å². The van der Waals surface area contributed by atoms with Crippen LogP contribution in [0.1, 0.15) is 16.8 Å². The van der Waals surface area contributed by atoms with Crippen molar-refractivity contribution >= 4 is 23.5 Å². The zero-order valence-electron chi connectivity index (χ0n) is 9.77. The topological polar surface area (TPSA) is 66.4 Å². The zero-order chi connectivity index (χ0) is 14.0. The molecule has 0 bridgehead atoms. The zero-order valence-corrected chi connectivity index (χ0v) is 10.5. The first-order chi connectivity index (χ1) is 8.99. The van der Waals surface area contributed by atoms with Gasteiger partial charge in [-0.15, -0.1) is 0 Å². The molecular formula is C13H11ClFNO3. The number of carbonyl (C=O) groups excluding carboxylic acids is 1. The van der Waals surface area contributed by atoms with Crippen LogP contribution in [-0.2, 0) is 4.79 Å². The molecule has 4 nitrogen and oxygen atoms in total. The molecule has 100 valence electrons. The van der Waals surface area contributed by atoms with E-state index in [1.807, 2.05) is 0 Å². The van der Waals surface area contributed by atoms with Crippen LogP contribution in [0.3, 0.4) is 0 Å². The molecule has 6 heteroatoms. The van der Waals surface area contributed by atoms with Crippen LogP contribution in [-0.4, -0.2) is 23.0 Å². The number of amides is 1. The molecule has 0 spiro atoms. The van der Waals surface area contributed by atoms with Gasteiger partial charge in [-0.05, 0) is 18.6 Å². The molecule has 1 aliphatic carbocycles. The number of rotatable bonds is 3. The van der Waals surface area contributed by atoms with E-state index in [4.69, 9.17) is 16.7 Å². The molecule has 2 N–H and O–H groups in total. The van der Waals surface area contributed by atoms with Crippen molar-refractivity contribution in [3.63, 3.8) is 0 Å². The number of halogens is 2. The molecule has 2 rings (SSSR count). The highest BCUT2D eigenvalue weighted by molar-refractivity contribution is 6.33. The van der Waals surface area contributed by atoms with Crippen molar-refractivity contribution in [3.8, 4) is 0 Å². The van der Waals surface area contributed by atoms with Gasteiger partial charge in [0.05, 0.1) is 16.5 Å². The fourth-order valence-electron chi connectivity index (χ4n) is 1.94. The maximum absolute atomic E-state index is 13.5. The van der Waals surface area contributed by atoms with Crippen LogP contribution in [0.25, 0.3) is 0 Å². The highest BCUT2D eigenvalue weighted by atomic mass is 35.5. The summed E-state index contributed by atoms with van der Waals surface area (Å²) in [5, 5.41) is 11.4. The van der Waals surface area contributed by atoms with Gasteiger partial charge in [-0.2, -0.15) is 0 Å². The lowest BCUT2D eigenvalue weighted by Crippen LogP contribution is -2.34. The van der Waals surface area contributed by atoms with E-state index in [0.717, 1.165) is 6.07 Å². The van der Waals surface area contributed by atoms with Crippen LogP contribution in [0.4, 0.5) is 4.39 Å². The fraction of sp³-hybridized carbons (Fsp3) is 0.231. The Bertz CT molecular complexity index is 539. The lowest BCUT2D eigenvalue weighted by molar-refractivity contribution is -0.140. The van der Waals surface area contributed by atoms with Crippen LogP contribution in [0.15, 0.2) is 30.4 Å².